The molecule has 1 aliphatic carbocycles. The van der Waals surface area contributed by atoms with Crippen LogP contribution in [-0.2, 0) is 4.79 Å². The summed E-state index contributed by atoms with van der Waals surface area (Å²) in [6.45, 7) is 1.80. The van der Waals surface area contributed by atoms with E-state index in [1.807, 2.05) is 18.2 Å². The summed E-state index contributed by atoms with van der Waals surface area (Å²) < 4.78 is 0. The van der Waals surface area contributed by atoms with Crippen molar-refractivity contribution >= 4 is 5.97 Å². The molecule has 2 fully saturated rings. The Morgan fingerprint density at radius 1 is 1.24 bits per heavy atom. The maximum Gasteiger partial charge on any atom is 0.324 e. The molecule has 17 heavy (non-hydrogen) atoms. The molecule has 0 spiro atoms. The van der Waals surface area contributed by atoms with Crippen LogP contribution >= 0.6 is 0 Å². The maximum atomic E-state index is 11.3. The van der Waals surface area contributed by atoms with E-state index < -0.39 is 11.5 Å². The van der Waals surface area contributed by atoms with Crippen molar-refractivity contribution in [3.05, 3.63) is 35.9 Å². The monoisotopic (exact) mass is 231 g/mol. The molecule has 1 heterocycles. The Morgan fingerprint density at radius 3 is 2.35 bits per heavy atom. The van der Waals surface area contributed by atoms with Crippen molar-refractivity contribution in [3.63, 3.8) is 0 Å². The average molecular weight is 231 g/mol. The molecule has 0 unspecified atom stereocenters. The number of hydrogen-bond donors (Lipinski definition) is 1. The maximum absolute atomic E-state index is 11.3. The highest BCUT2D eigenvalue weighted by molar-refractivity contribution is 5.80. The summed E-state index contributed by atoms with van der Waals surface area (Å²) in [6.07, 6.45) is 2.70. The Bertz CT molecular complexity index is 419. The zero-order valence-electron chi connectivity index (χ0n) is 9.80. The summed E-state index contributed by atoms with van der Waals surface area (Å²) >= 11 is 0. The first kappa shape index (κ1) is 10.8. The summed E-state index contributed by atoms with van der Waals surface area (Å²) in [4.78, 5) is 13.5. The SMILES string of the molecule is O=C(O)C1(N2CC(c3ccccc3)C2)CCC1. The highest BCUT2D eigenvalue weighted by Crippen LogP contribution is 2.43. The lowest BCUT2D eigenvalue weighted by atomic mass is 9.72. The zero-order chi connectivity index (χ0) is 11.9. The molecule has 0 atom stereocenters. The van der Waals surface area contributed by atoms with Crippen LogP contribution in [0.25, 0.3) is 0 Å². The van der Waals surface area contributed by atoms with Gasteiger partial charge in [0.2, 0.25) is 0 Å². The third-order valence-corrected chi connectivity index (χ3v) is 4.34. The second-order valence-electron chi connectivity index (χ2n) is 5.20. The van der Waals surface area contributed by atoms with Gasteiger partial charge in [-0.1, -0.05) is 30.3 Å². The average Bonchev–Trinajstić information content (AvgIpc) is 2.20. The van der Waals surface area contributed by atoms with Gasteiger partial charge in [0.1, 0.15) is 5.54 Å². The standard InChI is InChI=1S/C14H17NO2/c16-13(17)14(7-4-8-14)15-9-12(10-15)11-5-2-1-3-6-11/h1-3,5-6,12H,4,7-10H2,(H,16,17). The quantitative estimate of drug-likeness (QED) is 0.866. The van der Waals surface area contributed by atoms with E-state index >= 15 is 0 Å². The molecule has 1 aromatic rings. The number of likely N-dealkylation sites (tertiary alicyclic amines) is 1. The van der Waals surface area contributed by atoms with Crippen LogP contribution in [0.2, 0.25) is 0 Å². The lowest BCUT2D eigenvalue weighted by Crippen LogP contribution is -2.65. The van der Waals surface area contributed by atoms with E-state index in [1.165, 1.54) is 5.56 Å². The van der Waals surface area contributed by atoms with Gasteiger partial charge in [0, 0.05) is 19.0 Å². The van der Waals surface area contributed by atoms with Crippen molar-refractivity contribution in [2.75, 3.05) is 13.1 Å². The van der Waals surface area contributed by atoms with Gasteiger partial charge in [0.15, 0.2) is 0 Å². The van der Waals surface area contributed by atoms with Crippen molar-refractivity contribution in [1.29, 1.82) is 0 Å². The van der Waals surface area contributed by atoms with E-state index in [0.717, 1.165) is 32.4 Å². The fraction of sp³-hybridized carbons (Fsp3) is 0.500. The summed E-state index contributed by atoms with van der Waals surface area (Å²) in [6, 6.07) is 10.4. The predicted molar refractivity (Wildman–Crippen MR) is 65.0 cm³/mol. The van der Waals surface area contributed by atoms with Crippen molar-refractivity contribution in [2.24, 2.45) is 0 Å². The van der Waals surface area contributed by atoms with Gasteiger partial charge in [-0.15, -0.1) is 0 Å². The first-order valence-electron chi connectivity index (χ1n) is 6.26. The number of carboxylic acids is 1. The molecule has 3 heteroatoms. The van der Waals surface area contributed by atoms with Crippen molar-refractivity contribution < 1.29 is 9.90 Å². The van der Waals surface area contributed by atoms with Crippen molar-refractivity contribution in [2.45, 2.75) is 30.7 Å². The molecule has 0 radical (unpaired) electrons. The van der Waals surface area contributed by atoms with Crippen LogP contribution < -0.4 is 0 Å². The highest BCUT2D eigenvalue weighted by Gasteiger charge is 2.53. The van der Waals surface area contributed by atoms with Gasteiger partial charge in [-0.2, -0.15) is 0 Å². The van der Waals surface area contributed by atoms with Gasteiger partial charge < -0.3 is 5.11 Å². The Hall–Kier alpha value is -1.35. The van der Waals surface area contributed by atoms with Crippen LogP contribution in [0.1, 0.15) is 30.7 Å². The van der Waals surface area contributed by atoms with Gasteiger partial charge in [0.05, 0.1) is 0 Å². The van der Waals surface area contributed by atoms with Gasteiger partial charge in [-0.3, -0.25) is 9.69 Å². The topological polar surface area (TPSA) is 40.5 Å². The molecule has 0 amide bonds. The van der Waals surface area contributed by atoms with E-state index in [0.29, 0.717) is 5.92 Å². The second kappa shape index (κ2) is 3.84. The van der Waals surface area contributed by atoms with Crippen LogP contribution in [0.3, 0.4) is 0 Å². The van der Waals surface area contributed by atoms with E-state index in [4.69, 9.17) is 0 Å². The Balaban J connectivity index is 1.67. The smallest absolute Gasteiger partial charge is 0.324 e. The number of rotatable bonds is 3. The van der Waals surface area contributed by atoms with Crippen LogP contribution in [0, 0.1) is 0 Å². The van der Waals surface area contributed by atoms with E-state index in [-0.39, 0.29) is 0 Å². The number of carbonyl (C=O) groups is 1. The molecular formula is C14H17NO2. The van der Waals surface area contributed by atoms with Crippen LogP contribution in [0.15, 0.2) is 30.3 Å². The lowest BCUT2D eigenvalue weighted by molar-refractivity contribution is -0.163. The van der Waals surface area contributed by atoms with Crippen LogP contribution in [0.4, 0.5) is 0 Å². The number of aliphatic carboxylic acids is 1. The lowest BCUT2D eigenvalue weighted by Gasteiger charge is -2.54. The summed E-state index contributed by atoms with van der Waals surface area (Å²) in [7, 11) is 0. The summed E-state index contributed by atoms with van der Waals surface area (Å²) in [5.74, 6) is -0.108. The number of hydrogen-bond acceptors (Lipinski definition) is 2. The molecule has 1 saturated carbocycles. The van der Waals surface area contributed by atoms with Gasteiger partial charge in [-0.05, 0) is 24.8 Å². The summed E-state index contributed by atoms with van der Waals surface area (Å²) in [5, 5.41) is 9.33. The molecule has 3 nitrogen and oxygen atoms in total. The van der Waals surface area contributed by atoms with Gasteiger partial charge in [-0.25, -0.2) is 0 Å². The molecular weight excluding hydrogens is 214 g/mol. The summed E-state index contributed by atoms with van der Waals surface area (Å²) in [5.41, 5.74) is 0.814. The third-order valence-electron chi connectivity index (χ3n) is 4.34. The normalized spacial score (nSPS) is 23.8. The first-order chi connectivity index (χ1) is 8.22. The third kappa shape index (κ3) is 1.57. The van der Waals surface area contributed by atoms with Gasteiger partial charge >= 0.3 is 5.97 Å². The Morgan fingerprint density at radius 2 is 1.88 bits per heavy atom. The van der Waals surface area contributed by atoms with Crippen molar-refractivity contribution in [1.82, 2.24) is 4.90 Å². The molecule has 3 rings (SSSR count). The molecule has 1 saturated heterocycles. The van der Waals surface area contributed by atoms with E-state index in [1.54, 1.807) is 0 Å². The predicted octanol–water partition coefficient (Wildman–Crippen LogP) is 2.09. The molecule has 2 aliphatic rings. The minimum atomic E-state index is -0.629. The number of nitrogens with zero attached hydrogens (tertiary/aromatic N) is 1. The minimum Gasteiger partial charge on any atom is -0.480 e. The van der Waals surface area contributed by atoms with Crippen molar-refractivity contribution in [3.8, 4) is 0 Å². The molecule has 0 aromatic heterocycles. The number of benzene rings is 1. The fourth-order valence-corrected chi connectivity index (χ4v) is 2.94. The fourth-order valence-electron chi connectivity index (χ4n) is 2.94. The molecule has 0 bridgehead atoms. The molecule has 1 aliphatic heterocycles. The minimum absolute atomic E-state index is 0.521. The van der Waals surface area contributed by atoms with Crippen LogP contribution in [-0.4, -0.2) is 34.6 Å². The highest BCUT2D eigenvalue weighted by atomic mass is 16.4. The number of carboxylic acid groups (broad SMARTS) is 1. The van der Waals surface area contributed by atoms with E-state index in [2.05, 4.69) is 17.0 Å². The second-order valence-corrected chi connectivity index (χ2v) is 5.20. The largest absolute Gasteiger partial charge is 0.480 e. The molecule has 1 aromatic carbocycles. The Labute approximate surface area is 101 Å². The first-order valence-corrected chi connectivity index (χ1v) is 6.26. The van der Waals surface area contributed by atoms with E-state index in [9.17, 15) is 9.90 Å². The zero-order valence-corrected chi connectivity index (χ0v) is 9.80. The Kier molecular flexibility index (Phi) is 2.44. The molecule has 1 N–H and O–H groups in total. The molecule has 90 valence electrons. The van der Waals surface area contributed by atoms with Gasteiger partial charge in [0.25, 0.3) is 0 Å². The van der Waals surface area contributed by atoms with Crippen LogP contribution in [0.5, 0.6) is 0 Å².